The first-order valence-electron chi connectivity index (χ1n) is 8.83. The number of ether oxygens (including phenoxy) is 2. The molecule has 6 nitrogen and oxygen atoms in total. The lowest BCUT2D eigenvalue weighted by Gasteiger charge is -2.35. The highest BCUT2D eigenvalue weighted by molar-refractivity contribution is 6.31. The molecule has 0 aromatic heterocycles. The molecule has 3 atom stereocenters. The Hall–Kier alpha value is -1.50. The van der Waals surface area contributed by atoms with Crippen molar-refractivity contribution < 1.29 is 19.1 Å². The first-order valence-corrected chi connectivity index (χ1v) is 9.21. The maximum Gasteiger partial charge on any atom is 0.255 e. The Labute approximate surface area is 171 Å². The van der Waals surface area contributed by atoms with Gasteiger partial charge in [0.2, 0.25) is 5.91 Å². The zero-order valence-electron chi connectivity index (χ0n) is 16.1. The minimum atomic E-state index is -0.290. The molecule has 1 aromatic rings. The van der Waals surface area contributed by atoms with E-state index in [1.165, 1.54) is 7.11 Å². The SMILES string of the molecule is COc1ccc(Cl)cc1C(=O)N[C@@H]1C[C@@H](C(=O)NC(C)C)CC[C@H]1OC.Cl. The van der Waals surface area contributed by atoms with Crippen LogP contribution in [0.2, 0.25) is 5.02 Å². The highest BCUT2D eigenvalue weighted by atomic mass is 35.5. The van der Waals surface area contributed by atoms with Crippen LogP contribution in [0.1, 0.15) is 43.5 Å². The summed E-state index contributed by atoms with van der Waals surface area (Å²) in [6.07, 6.45) is 1.85. The molecule has 1 aliphatic carbocycles. The summed E-state index contributed by atoms with van der Waals surface area (Å²) in [5, 5.41) is 6.40. The summed E-state index contributed by atoms with van der Waals surface area (Å²) < 4.78 is 10.8. The van der Waals surface area contributed by atoms with Crippen LogP contribution >= 0.6 is 24.0 Å². The van der Waals surface area contributed by atoms with E-state index in [1.807, 2.05) is 13.8 Å². The Balaban J connectivity index is 0.00000364. The summed E-state index contributed by atoms with van der Waals surface area (Å²) >= 11 is 6.02. The molecule has 0 spiro atoms. The molecule has 1 aromatic carbocycles. The van der Waals surface area contributed by atoms with E-state index < -0.39 is 0 Å². The number of nitrogens with one attached hydrogen (secondary N) is 2. The molecule has 0 unspecified atom stereocenters. The van der Waals surface area contributed by atoms with Crippen LogP contribution in [0.25, 0.3) is 0 Å². The van der Waals surface area contributed by atoms with Crippen molar-refractivity contribution in [1.29, 1.82) is 0 Å². The topological polar surface area (TPSA) is 76.7 Å². The number of hydrogen-bond acceptors (Lipinski definition) is 4. The normalized spacial score (nSPS) is 21.9. The standard InChI is InChI=1S/C19H27ClN2O4.ClH/c1-11(2)21-18(23)12-5-7-17(26-4)15(9-12)22-19(24)14-10-13(20)6-8-16(14)25-3;/h6,8,10-12,15,17H,5,7,9H2,1-4H3,(H,21,23)(H,22,24);1H/t12-,15+,17+;/m0./s1. The second-order valence-electron chi connectivity index (χ2n) is 6.87. The van der Waals surface area contributed by atoms with Gasteiger partial charge in [-0.2, -0.15) is 0 Å². The largest absolute Gasteiger partial charge is 0.496 e. The summed E-state index contributed by atoms with van der Waals surface area (Å²) in [6, 6.07) is 4.73. The molecule has 8 heteroatoms. The Morgan fingerprint density at radius 1 is 1.22 bits per heavy atom. The third-order valence-corrected chi connectivity index (χ3v) is 4.85. The molecular weight excluding hydrogens is 391 g/mol. The fourth-order valence-electron chi connectivity index (χ4n) is 3.32. The minimum absolute atomic E-state index is 0. The van der Waals surface area contributed by atoms with E-state index in [4.69, 9.17) is 21.1 Å². The van der Waals surface area contributed by atoms with Gasteiger partial charge in [-0.25, -0.2) is 0 Å². The van der Waals surface area contributed by atoms with Gasteiger partial charge in [0.25, 0.3) is 5.91 Å². The van der Waals surface area contributed by atoms with Gasteiger partial charge in [-0.15, -0.1) is 12.4 Å². The Morgan fingerprint density at radius 2 is 1.93 bits per heavy atom. The summed E-state index contributed by atoms with van der Waals surface area (Å²) in [7, 11) is 3.13. The van der Waals surface area contributed by atoms with E-state index in [-0.39, 0.29) is 48.3 Å². The van der Waals surface area contributed by atoms with E-state index in [0.29, 0.717) is 29.2 Å². The summed E-state index contributed by atoms with van der Waals surface area (Å²) in [5.74, 6) is 0.0385. The quantitative estimate of drug-likeness (QED) is 0.743. The van der Waals surface area contributed by atoms with E-state index in [0.717, 1.165) is 6.42 Å². The van der Waals surface area contributed by atoms with Crippen LogP contribution in [-0.4, -0.2) is 44.2 Å². The number of halogens is 2. The number of carbonyl (C=O) groups excluding carboxylic acids is 2. The highest BCUT2D eigenvalue weighted by Gasteiger charge is 2.35. The molecule has 152 valence electrons. The predicted molar refractivity (Wildman–Crippen MR) is 108 cm³/mol. The Kier molecular flexibility index (Phi) is 9.36. The van der Waals surface area contributed by atoms with Crippen molar-refractivity contribution in [3.8, 4) is 5.75 Å². The molecule has 2 rings (SSSR count). The fraction of sp³-hybridized carbons (Fsp3) is 0.579. The fourth-order valence-corrected chi connectivity index (χ4v) is 3.49. The molecule has 1 fully saturated rings. The number of amides is 2. The molecule has 1 aliphatic rings. The van der Waals surface area contributed by atoms with Crippen LogP contribution in [0.3, 0.4) is 0 Å². The number of benzene rings is 1. The van der Waals surface area contributed by atoms with Gasteiger partial charge in [-0.1, -0.05) is 11.6 Å². The molecule has 0 bridgehead atoms. The summed E-state index contributed by atoms with van der Waals surface area (Å²) in [4.78, 5) is 25.1. The zero-order valence-corrected chi connectivity index (χ0v) is 17.7. The predicted octanol–water partition coefficient (Wildman–Crippen LogP) is 3.21. The van der Waals surface area contributed by atoms with Crippen LogP contribution in [-0.2, 0) is 9.53 Å². The van der Waals surface area contributed by atoms with Crippen LogP contribution < -0.4 is 15.4 Å². The molecule has 1 saturated carbocycles. The van der Waals surface area contributed by atoms with Gasteiger partial charge in [-0.05, 0) is 51.3 Å². The van der Waals surface area contributed by atoms with Gasteiger partial charge in [-0.3, -0.25) is 9.59 Å². The summed E-state index contributed by atoms with van der Waals surface area (Å²) in [6.45, 7) is 3.87. The van der Waals surface area contributed by atoms with Gasteiger partial charge in [0.1, 0.15) is 5.75 Å². The highest BCUT2D eigenvalue weighted by Crippen LogP contribution is 2.28. The second kappa shape index (κ2) is 10.7. The van der Waals surface area contributed by atoms with Crippen molar-refractivity contribution in [3.63, 3.8) is 0 Å². The number of rotatable bonds is 6. The first kappa shape index (κ1) is 23.5. The van der Waals surface area contributed by atoms with Crippen molar-refractivity contribution in [1.82, 2.24) is 10.6 Å². The minimum Gasteiger partial charge on any atom is -0.496 e. The van der Waals surface area contributed by atoms with Crippen LogP contribution in [0, 0.1) is 5.92 Å². The number of hydrogen-bond donors (Lipinski definition) is 2. The van der Waals surface area contributed by atoms with Crippen molar-refractivity contribution >= 4 is 35.8 Å². The van der Waals surface area contributed by atoms with Gasteiger partial charge >= 0.3 is 0 Å². The Morgan fingerprint density at radius 3 is 2.52 bits per heavy atom. The van der Waals surface area contributed by atoms with Gasteiger partial charge in [0.05, 0.1) is 24.8 Å². The molecule has 0 heterocycles. The first-order chi connectivity index (χ1) is 12.3. The van der Waals surface area contributed by atoms with Gasteiger partial charge in [0, 0.05) is 24.1 Å². The molecule has 0 radical (unpaired) electrons. The monoisotopic (exact) mass is 418 g/mol. The second-order valence-corrected chi connectivity index (χ2v) is 7.31. The van der Waals surface area contributed by atoms with Gasteiger partial charge < -0.3 is 20.1 Å². The third kappa shape index (κ3) is 6.26. The van der Waals surface area contributed by atoms with Crippen LogP contribution in [0.4, 0.5) is 0 Å². The maximum absolute atomic E-state index is 12.8. The third-order valence-electron chi connectivity index (χ3n) is 4.61. The van der Waals surface area contributed by atoms with Gasteiger partial charge in [0.15, 0.2) is 0 Å². The van der Waals surface area contributed by atoms with Crippen molar-refractivity contribution in [3.05, 3.63) is 28.8 Å². The maximum atomic E-state index is 12.8. The molecule has 2 N–H and O–H groups in total. The number of carbonyl (C=O) groups is 2. The molecular formula is C19H28Cl2N2O4. The lowest BCUT2D eigenvalue weighted by molar-refractivity contribution is -0.127. The van der Waals surface area contributed by atoms with E-state index >= 15 is 0 Å². The lowest BCUT2D eigenvalue weighted by Crippen LogP contribution is -2.50. The molecule has 2 amide bonds. The van der Waals surface area contributed by atoms with Crippen LogP contribution in [0.5, 0.6) is 5.75 Å². The lowest BCUT2D eigenvalue weighted by atomic mass is 9.82. The average molecular weight is 419 g/mol. The molecule has 27 heavy (non-hydrogen) atoms. The van der Waals surface area contributed by atoms with Crippen molar-refractivity contribution in [2.45, 2.75) is 51.3 Å². The van der Waals surface area contributed by atoms with E-state index in [9.17, 15) is 9.59 Å². The van der Waals surface area contributed by atoms with Crippen molar-refractivity contribution in [2.24, 2.45) is 5.92 Å². The zero-order chi connectivity index (χ0) is 19.3. The molecule has 0 saturated heterocycles. The molecule has 0 aliphatic heterocycles. The summed E-state index contributed by atoms with van der Waals surface area (Å²) in [5.41, 5.74) is 0.364. The Bertz CT molecular complexity index is 655. The number of methoxy groups -OCH3 is 2. The average Bonchev–Trinajstić information content (AvgIpc) is 2.61. The van der Waals surface area contributed by atoms with E-state index in [1.54, 1.807) is 25.3 Å². The van der Waals surface area contributed by atoms with Crippen molar-refractivity contribution in [2.75, 3.05) is 14.2 Å². The van der Waals surface area contributed by atoms with E-state index in [2.05, 4.69) is 10.6 Å². The smallest absolute Gasteiger partial charge is 0.255 e. The van der Waals surface area contributed by atoms with Crippen LogP contribution in [0.15, 0.2) is 18.2 Å².